The number of imide groups is 1. The first-order valence-electron chi connectivity index (χ1n) is 10.9. The molecule has 0 unspecified atom stereocenters. The number of thioether (sulfide) groups is 1. The van der Waals surface area contributed by atoms with Crippen LogP contribution in [0.1, 0.15) is 22.3 Å². The molecule has 0 radical (unpaired) electrons. The van der Waals surface area contributed by atoms with Crippen LogP contribution < -0.4 is 10.1 Å². The van der Waals surface area contributed by atoms with E-state index in [2.05, 4.69) is 5.32 Å². The number of nitrogens with one attached hydrogen (secondary N) is 1. The Morgan fingerprint density at radius 3 is 2.51 bits per heavy atom. The fraction of sp³-hybridized carbons (Fsp3) is 0.148. The van der Waals surface area contributed by atoms with Crippen molar-refractivity contribution < 1.29 is 19.1 Å². The second-order valence-corrected chi connectivity index (χ2v) is 9.50. The molecule has 1 aliphatic heterocycles. The van der Waals surface area contributed by atoms with Gasteiger partial charge in [0.15, 0.2) is 6.61 Å². The van der Waals surface area contributed by atoms with Crippen LogP contribution in [0.3, 0.4) is 0 Å². The number of hydrogen-bond acceptors (Lipinski definition) is 5. The summed E-state index contributed by atoms with van der Waals surface area (Å²) < 4.78 is 5.74. The number of halogens is 1. The molecule has 0 saturated carbocycles. The van der Waals surface area contributed by atoms with E-state index in [4.69, 9.17) is 16.3 Å². The van der Waals surface area contributed by atoms with Crippen LogP contribution in [-0.2, 0) is 16.1 Å². The van der Waals surface area contributed by atoms with Gasteiger partial charge in [-0.25, -0.2) is 0 Å². The van der Waals surface area contributed by atoms with Gasteiger partial charge in [-0.3, -0.25) is 19.3 Å². The van der Waals surface area contributed by atoms with Gasteiger partial charge in [0.05, 0.1) is 11.4 Å². The van der Waals surface area contributed by atoms with Gasteiger partial charge < -0.3 is 10.1 Å². The number of ether oxygens (including phenoxy) is 1. The number of rotatable bonds is 7. The number of nitrogens with zero attached hydrogens (tertiary/aromatic N) is 1. The summed E-state index contributed by atoms with van der Waals surface area (Å²) in [6.07, 6.45) is 1.61. The molecule has 0 bridgehead atoms. The Bertz CT molecular complexity index is 1320. The standard InChI is InChI=1S/C27H23ClN2O4S/c1-17-7-12-22(13-18(17)2)29-25(31)16-34-23-6-4-3-5-20(23)14-24-26(32)30(27(33)35-24)15-19-8-10-21(28)11-9-19/h3-14H,15-16H2,1-2H3,(H,29,31)/b24-14-. The zero-order valence-corrected chi connectivity index (χ0v) is 20.8. The smallest absolute Gasteiger partial charge is 0.293 e. The van der Waals surface area contributed by atoms with E-state index in [1.807, 2.05) is 32.0 Å². The highest BCUT2D eigenvalue weighted by molar-refractivity contribution is 8.18. The van der Waals surface area contributed by atoms with Gasteiger partial charge in [0.25, 0.3) is 17.1 Å². The topological polar surface area (TPSA) is 75.7 Å². The van der Waals surface area contributed by atoms with Crippen LogP contribution in [0.4, 0.5) is 10.5 Å². The first-order valence-corrected chi connectivity index (χ1v) is 12.1. The fourth-order valence-electron chi connectivity index (χ4n) is 3.44. The summed E-state index contributed by atoms with van der Waals surface area (Å²) in [6, 6.07) is 19.7. The number of carbonyl (C=O) groups excluding carboxylic acids is 3. The molecule has 1 aliphatic rings. The van der Waals surface area contributed by atoms with Crippen LogP contribution in [0.2, 0.25) is 5.02 Å². The maximum absolute atomic E-state index is 12.9. The Kier molecular flexibility index (Phi) is 7.58. The number of amides is 3. The van der Waals surface area contributed by atoms with Crippen LogP contribution in [0.15, 0.2) is 71.6 Å². The van der Waals surface area contributed by atoms with Gasteiger partial charge in [0, 0.05) is 16.3 Å². The van der Waals surface area contributed by atoms with E-state index in [1.54, 1.807) is 54.6 Å². The minimum absolute atomic E-state index is 0.163. The normalized spacial score (nSPS) is 14.5. The summed E-state index contributed by atoms with van der Waals surface area (Å²) in [7, 11) is 0. The molecular weight excluding hydrogens is 484 g/mol. The van der Waals surface area contributed by atoms with Gasteiger partial charge >= 0.3 is 0 Å². The zero-order chi connectivity index (χ0) is 24.9. The van der Waals surface area contributed by atoms with Gasteiger partial charge in [0.2, 0.25) is 0 Å². The fourth-order valence-corrected chi connectivity index (χ4v) is 4.40. The van der Waals surface area contributed by atoms with Crippen molar-refractivity contribution in [3.63, 3.8) is 0 Å². The number of benzene rings is 3. The van der Waals surface area contributed by atoms with E-state index in [9.17, 15) is 14.4 Å². The van der Waals surface area contributed by atoms with E-state index in [0.29, 0.717) is 26.9 Å². The van der Waals surface area contributed by atoms with Gasteiger partial charge in [0.1, 0.15) is 5.75 Å². The minimum Gasteiger partial charge on any atom is -0.483 e. The number of anilines is 1. The third-order valence-corrected chi connectivity index (χ3v) is 6.64. The molecule has 0 atom stereocenters. The Morgan fingerprint density at radius 2 is 1.77 bits per heavy atom. The molecule has 1 N–H and O–H groups in total. The molecule has 8 heteroatoms. The Morgan fingerprint density at radius 1 is 1.03 bits per heavy atom. The molecule has 35 heavy (non-hydrogen) atoms. The molecule has 1 saturated heterocycles. The van der Waals surface area contributed by atoms with Crippen LogP contribution in [-0.4, -0.2) is 28.6 Å². The lowest BCUT2D eigenvalue weighted by Crippen LogP contribution is -2.27. The van der Waals surface area contributed by atoms with Crippen molar-refractivity contribution in [3.05, 3.63) is 98.9 Å². The zero-order valence-electron chi connectivity index (χ0n) is 19.2. The van der Waals surface area contributed by atoms with Crippen molar-refractivity contribution in [1.82, 2.24) is 4.90 Å². The second-order valence-electron chi connectivity index (χ2n) is 8.07. The van der Waals surface area contributed by atoms with Crippen molar-refractivity contribution in [2.24, 2.45) is 0 Å². The third kappa shape index (κ3) is 6.12. The molecule has 3 amide bonds. The SMILES string of the molecule is Cc1ccc(NC(=O)COc2ccccc2/C=C2\SC(=O)N(Cc3ccc(Cl)cc3)C2=O)cc1C. The highest BCUT2D eigenvalue weighted by atomic mass is 35.5. The Labute approximate surface area is 212 Å². The van der Waals surface area contributed by atoms with E-state index >= 15 is 0 Å². The molecule has 0 spiro atoms. The maximum atomic E-state index is 12.9. The Hall–Kier alpha value is -3.55. The van der Waals surface area contributed by atoms with Crippen LogP contribution in [0.25, 0.3) is 6.08 Å². The van der Waals surface area contributed by atoms with E-state index in [-0.39, 0.29) is 30.2 Å². The van der Waals surface area contributed by atoms with Crippen molar-refractivity contribution in [1.29, 1.82) is 0 Å². The highest BCUT2D eigenvalue weighted by Gasteiger charge is 2.35. The summed E-state index contributed by atoms with van der Waals surface area (Å²) in [5, 5.41) is 3.06. The molecule has 1 fully saturated rings. The highest BCUT2D eigenvalue weighted by Crippen LogP contribution is 2.35. The first kappa shape index (κ1) is 24.6. The molecule has 178 valence electrons. The van der Waals surface area contributed by atoms with Crippen molar-refractivity contribution >= 4 is 52.2 Å². The van der Waals surface area contributed by atoms with Gasteiger partial charge in [-0.05, 0) is 78.7 Å². The number of aryl methyl sites for hydroxylation is 2. The lowest BCUT2D eigenvalue weighted by Gasteiger charge is -2.12. The van der Waals surface area contributed by atoms with E-state index < -0.39 is 0 Å². The lowest BCUT2D eigenvalue weighted by molar-refractivity contribution is -0.123. The van der Waals surface area contributed by atoms with E-state index in [1.165, 1.54) is 4.90 Å². The molecule has 4 rings (SSSR count). The van der Waals surface area contributed by atoms with Crippen LogP contribution in [0, 0.1) is 13.8 Å². The number of hydrogen-bond donors (Lipinski definition) is 1. The minimum atomic E-state index is -0.378. The summed E-state index contributed by atoms with van der Waals surface area (Å²) in [5.74, 6) is -0.240. The average Bonchev–Trinajstić information content (AvgIpc) is 3.09. The molecule has 3 aromatic rings. The maximum Gasteiger partial charge on any atom is 0.293 e. The number of carbonyl (C=O) groups is 3. The van der Waals surface area contributed by atoms with Crippen molar-refractivity contribution in [2.45, 2.75) is 20.4 Å². The third-order valence-electron chi connectivity index (χ3n) is 5.48. The van der Waals surface area contributed by atoms with Crippen molar-refractivity contribution in [2.75, 3.05) is 11.9 Å². The summed E-state index contributed by atoms with van der Waals surface area (Å²) >= 11 is 6.79. The summed E-state index contributed by atoms with van der Waals surface area (Å²) in [6.45, 7) is 3.95. The number of para-hydroxylation sites is 1. The van der Waals surface area contributed by atoms with Gasteiger partial charge in [-0.15, -0.1) is 0 Å². The molecular formula is C27H23ClN2O4S. The average molecular weight is 507 g/mol. The quantitative estimate of drug-likeness (QED) is 0.385. The van der Waals surface area contributed by atoms with Gasteiger partial charge in [-0.1, -0.05) is 48.0 Å². The monoisotopic (exact) mass is 506 g/mol. The largest absolute Gasteiger partial charge is 0.483 e. The predicted octanol–water partition coefficient (Wildman–Crippen LogP) is 6.21. The lowest BCUT2D eigenvalue weighted by atomic mass is 10.1. The van der Waals surface area contributed by atoms with Crippen LogP contribution >= 0.6 is 23.4 Å². The summed E-state index contributed by atoms with van der Waals surface area (Å²) in [5.41, 5.74) is 4.33. The second kappa shape index (κ2) is 10.8. The Balaban J connectivity index is 1.43. The van der Waals surface area contributed by atoms with Gasteiger partial charge in [-0.2, -0.15) is 0 Å². The predicted molar refractivity (Wildman–Crippen MR) is 139 cm³/mol. The van der Waals surface area contributed by atoms with Crippen molar-refractivity contribution in [3.8, 4) is 5.75 Å². The van der Waals surface area contributed by atoms with Crippen LogP contribution in [0.5, 0.6) is 5.75 Å². The molecule has 0 aliphatic carbocycles. The van der Waals surface area contributed by atoms with E-state index in [0.717, 1.165) is 28.5 Å². The molecule has 1 heterocycles. The summed E-state index contributed by atoms with van der Waals surface area (Å²) in [4.78, 5) is 39.3. The first-order chi connectivity index (χ1) is 16.8. The molecule has 3 aromatic carbocycles. The molecule has 6 nitrogen and oxygen atoms in total. The molecule has 0 aromatic heterocycles.